The number of fused-ring (bicyclic) bond motifs is 3. The third-order valence-electron chi connectivity index (χ3n) is 4.91. The summed E-state index contributed by atoms with van der Waals surface area (Å²) in [5.74, 6) is 0.208. The van der Waals surface area contributed by atoms with E-state index in [2.05, 4.69) is 14.6 Å². The van der Waals surface area contributed by atoms with Gasteiger partial charge < -0.3 is 4.57 Å². The van der Waals surface area contributed by atoms with Gasteiger partial charge in [-0.05, 0) is 42.5 Å². The van der Waals surface area contributed by atoms with Crippen LogP contribution in [-0.2, 0) is 13.6 Å². The molecular formula is C20H16FN5O. The predicted molar refractivity (Wildman–Crippen MR) is 100 cm³/mol. The molecule has 3 heterocycles. The lowest BCUT2D eigenvalue weighted by atomic mass is 10.1. The third-order valence-corrected chi connectivity index (χ3v) is 4.91. The number of hydrogen-bond acceptors (Lipinski definition) is 3. The summed E-state index contributed by atoms with van der Waals surface area (Å²) in [5.41, 5.74) is 3.77. The van der Waals surface area contributed by atoms with E-state index in [1.807, 2.05) is 24.3 Å². The Morgan fingerprint density at radius 3 is 2.67 bits per heavy atom. The molecule has 1 amide bonds. The van der Waals surface area contributed by atoms with Crippen molar-refractivity contribution >= 4 is 22.9 Å². The van der Waals surface area contributed by atoms with Gasteiger partial charge in [-0.2, -0.15) is 5.10 Å². The molecule has 0 bridgehead atoms. The number of amides is 1. The lowest BCUT2D eigenvalue weighted by Crippen LogP contribution is -2.31. The summed E-state index contributed by atoms with van der Waals surface area (Å²) in [6.45, 7) is 1.29. The van der Waals surface area contributed by atoms with Crippen LogP contribution in [0.3, 0.4) is 0 Å². The second-order valence-electron chi connectivity index (χ2n) is 6.55. The normalized spacial score (nSPS) is 13.3. The first-order chi connectivity index (χ1) is 13.1. The van der Waals surface area contributed by atoms with Crippen LogP contribution in [0.4, 0.5) is 10.3 Å². The average Bonchev–Trinajstić information content (AvgIpc) is 3.35. The second-order valence-corrected chi connectivity index (χ2v) is 6.55. The Balaban J connectivity index is 1.52. The van der Waals surface area contributed by atoms with Crippen molar-refractivity contribution in [2.24, 2.45) is 7.05 Å². The number of aryl methyl sites for hydroxylation is 1. The molecule has 0 unspecified atom stereocenters. The number of rotatable bonds is 2. The van der Waals surface area contributed by atoms with Crippen molar-refractivity contribution in [1.29, 1.82) is 0 Å². The van der Waals surface area contributed by atoms with E-state index in [1.165, 1.54) is 12.1 Å². The van der Waals surface area contributed by atoms with Crippen LogP contribution in [0.5, 0.6) is 0 Å². The lowest BCUT2D eigenvalue weighted by molar-refractivity contribution is 0.0979. The van der Waals surface area contributed by atoms with Crippen molar-refractivity contribution in [2.75, 3.05) is 11.4 Å². The predicted octanol–water partition coefficient (Wildman–Crippen LogP) is 3.24. The first-order valence-corrected chi connectivity index (χ1v) is 8.69. The monoisotopic (exact) mass is 361 g/mol. The Morgan fingerprint density at radius 1 is 1.07 bits per heavy atom. The highest BCUT2D eigenvalue weighted by Gasteiger charge is 2.30. The van der Waals surface area contributed by atoms with Gasteiger partial charge in [0.1, 0.15) is 11.5 Å². The van der Waals surface area contributed by atoms with E-state index in [4.69, 9.17) is 0 Å². The van der Waals surface area contributed by atoms with E-state index in [0.29, 0.717) is 30.4 Å². The van der Waals surface area contributed by atoms with Crippen LogP contribution in [-0.4, -0.2) is 31.8 Å². The number of carbonyl (C=O) groups is 1. The fourth-order valence-electron chi connectivity index (χ4n) is 3.55. The van der Waals surface area contributed by atoms with Gasteiger partial charge in [-0.1, -0.05) is 12.1 Å². The van der Waals surface area contributed by atoms with Gasteiger partial charge in [-0.15, -0.1) is 0 Å². The van der Waals surface area contributed by atoms with Gasteiger partial charge in [0.05, 0.1) is 16.7 Å². The summed E-state index contributed by atoms with van der Waals surface area (Å²) < 4.78 is 16.8. The van der Waals surface area contributed by atoms with E-state index >= 15 is 0 Å². The number of halogens is 1. The summed E-state index contributed by atoms with van der Waals surface area (Å²) in [6, 6.07) is 15.7. The summed E-state index contributed by atoms with van der Waals surface area (Å²) >= 11 is 0. The van der Waals surface area contributed by atoms with Gasteiger partial charge >= 0.3 is 0 Å². The molecule has 0 saturated heterocycles. The summed E-state index contributed by atoms with van der Waals surface area (Å²) in [7, 11) is 1.74. The Labute approximate surface area is 154 Å². The molecule has 0 aliphatic carbocycles. The van der Waals surface area contributed by atoms with Gasteiger partial charge in [0, 0.05) is 25.7 Å². The van der Waals surface area contributed by atoms with Crippen LogP contribution in [0.1, 0.15) is 10.5 Å². The van der Waals surface area contributed by atoms with Gasteiger partial charge in [0.15, 0.2) is 0 Å². The molecule has 0 saturated carbocycles. The minimum atomic E-state index is -0.304. The molecular weight excluding hydrogens is 345 g/mol. The molecule has 0 fully saturated rings. The molecule has 2 aromatic heterocycles. The molecule has 2 aromatic carbocycles. The van der Waals surface area contributed by atoms with Gasteiger partial charge in [-0.3, -0.25) is 14.4 Å². The number of benzene rings is 2. The van der Waals surface area contributed by atoms with Crippen molar-refractivity contribution in [3.05, 3.63) is 66.1 Å². The highest BCUT2D eigenvalue weighted by molar-refractivity contribution is 6.06. The number of anilines is 1. The molecule has 0 atom stereocenters. The fourth-order valence-corrected chi connectivity index (χ4v) is 3.55. The van der Waals surface area contributed by atoms with E-state index in [-0.39, 0.29) is 11.7 Å². The van der Waals surface area contributed by atoms with E-state index in [1.54, 1.807) is 34.8 Å². The third kappa shape index (κ3) is 2.43. The van der Waals surface area contributed by atoms with E-state index in [9.17, 15) is 9.18 Å². The molecule has 0 radical (unpaired) electrons. The molecule has 134 valence electrons. The molecule has 1 aliphatic rings. The smallest absolute Gasteiger partial charge is 0.278 e. The number of carbonyl (C=O) groups excluding carboxylic acids is 1. The van der Waals surface area contributed by atoms with Gasteiger partial charge in [-0.25, -0.2) is 9.37 Å². The topological polar surface area (TPSA) is 56.0 Å². The molecule has 7 heteroatoms. The standard InChI is InChI=1S/C20H16FN5O/c1-24-18(12-16(23-24)13-6-8-14(21)9-7-13)19(27)26-11-10-25-17-5-3-2-4-15(17)22-20(25)26/h2-9,12H,10-11H2,1H3. The quantitative estimate of drug-likeness (QED) is 0.551. The van der Waals surface area contributed by atoms with Crippen LogP contribution in [0.25, 0.3) is 22.3 Å². The number of nitrogens with zero attached hydrogens (tertiary/aromatic N) is 5. The Morgan fingerprint density at radius 2 is 1.85 bits per heavy atom. The SMILES string of the molecule is Cn1nc(-c2ccc(F)cc2)cc1C(=O)N1CCn2c1nc1ccccc12. The molecule has 0 spiro atoms. The Hall–Kier alpha value is -3.48. The van der Waals surface area contributed by atoms with Gasteiger partial charge in [0.25, 0.3) is 5.91 Å². The summed E-state index contributed by atoms with van der Waals surface area (Å²) in [4.78, 5) is 19.5. The molecule has 6 nitrogen and oxygen atoms in total. The zero-order valence-corrected chi connectivity index (χ0v) is 14.6. The van der Waals surface area contributed by atoms with Crippen molar-refractivity contribution in [1.82, 2.24) is 19.3 Å². The zero-order chi connectivity index (χ0) is 18.5. The fraction of sp³-hybridized carbons (Fsp3) is 0.150. The van der Waals surface area contributed by atoms with Gasteiger partial charge in [0.2, 0.25) is 5.95 Å². The summed E-state index contributed by atoms with van der Waals surface area (Å²) in [6.07, 6.45) is 0. The van der Waals surface area contributed by atoms with Crippen molar-refractivity contribution in [2.45, 2.75) is 6.54 Å². The van der Waals surface area contributed by atoms with Crippen molar-refractivity contribution in [3.8, 4) is 11.3 Å². The molecule has 4 aromatic rings. The average molecular weight is 361 g/mol. The highest BCUT2D eigenvalue weighted by atomic mass is 19.1. The molecule has 1 aliphatic heterocycles. The second kappa shape index (κ2) is 5.77. The molecule has 27 heavy (non-hydrogen) atoms. The maximum Gasteiger partial charge on any atom is 0.278 e. The number of hydrogen-bond donors (Lipinski definition) is 0. The van der Waals surface area contributed by atoms with Crippen LogP contribution >= 0.6 is 0 Å². The Bertz CT molecular complexity index is 1180. The van der Waals surface area contributed by atoms with E-state index in [0.717, 1.165) is 16.6 Å². The molecule has 5 rings (SSSR count). The number of imidazole rings is 1. The Kier molecular flexibility index (Phi) is 3.36. The van der Waals surface area contributed by atoms with E-state index < -0.39 is 0 Å². The maximum atomic E-state index is 13.2. The summed E-state index contributed by atoms with van der Waals surface area (Å²) in [5, 5.41) is 4.42. The minimum absolute atomic E-state index is 0.146. The first kappa shape index (κ1) is 15.7. The van der Waals surface area contributed by atoms with Crippen LogP contribution in [0, 0.1) is 5.82 Å². The maximum absolute atomic E-state index is 13.2. The largest absolute Gasteiger partial charge is 0.308 e. The van der Waals surface area contributed by atoms with Crippen molar-refractivity contribution < 1.29 is 9.18 Å². The minimum Gasteiger partial charge on any atom is -0.308 e. The highest BCUT2D eigenvalue weighted by Crippen LogP contribution is 2.29. The van der Waals surface area contributed by atoms with Crippen LogP contribution in [0.15, 0.2) is 54.6 Å². The van der Waals surface area contributed by atoms with Crippen LogP contribution in [0.2, 0.25) is 0 Å². The van der Waals surface area contributed by atoms with Crippen LogP contribution < -0.4 is 4.90 Å². The van der Waals surface area contributed by atoms with Crippen molar-refractivity contribution in [3.63, 3.8) is 0 Å². The first-order valence-electron chi connectivity index (χ1n) is 8.69. The number of aromatic nitrogens is 4. The molecule has 0 N–H and O–H groups in total. The lowest BCUT2D eigenvalue weighted by Gasteiger charge is -2.13. The number of para-hydroxylation sites is 2. The zero-order valence-electron chi connectivity index (χ0n) is 14.6.